The number of aliphatic imine (C=N–C) groups is 1. The van der Waals surface area contributed by atoms with Gasteiger partial charge in [0.15, 0.2) is 0 Å². The number of carbonyl (C=O) groups excluding carboxylic acids is 1. The van der Waals surface area contributed by atoms with Crippen LogP contribution in [0.5, 0.6) is 0 Å². The van der Waals surface area contributed by atoms with Crippen molar-refractivity contribution < 1.29 is 18.0 Å². The van der Waals surface area contributed by atoms with Crippen LogP contribution in [-0.2, 0) is 12.7 Å². The molecule has 0 bridgehead atoms. The molecule has 0 radical (unpaired) electrons. The third-order valence-corrected chi connectivity index (χ3v) is 4.37. The Morgan fingerprint density at radius 1 is 1.14 bits per heavy atom. The zero-order valence-electron chi connectivity index (χ0n) is 16.4. The van der Waals surface area contributed by atoms with E-state index in [-0.39, 0.29) is 17.8 Å². The van der Waals surface area contributed by atoms with Crippen LogP contribution in [0.4, 0.5) is 18.9 Å². The number of nitrogens with zero attached hydrogens (tertiary/aromatic N) is 3. The molecule has 0 unspecified atom stereocenters. The van der Waals surface area contributed by atoms with Crippen molar-refractivity contribution in [3.8, 4) is 0 Å². The van der Waals surface area contributed by atoms with Gasteiger partial charge in [-0.3, -0.25) is 4.79 Å². The minimum atomic E-state index is -4.66. The molecule has 4 nitrogen and oxygen atoms in total. The van der Waals surface area contributed by atoms with Crippen LogP contribution >= 0.6 is 0 Å². The Morgan fingerprint density at radius 2 is 1.79 bits per heavy atom. The summed E-state index contributed by atoms with van der Waals surface area (Å²) < 4.78 is 40.9. The number of hydrogen-bond acceptors (Lipinski definition) is 2. The molecular weight excluding hydrogens is 367 g/mol. The molecule has 0 saturated heterocycles. The SMILES string of the molecule is CCN(C)C=Nc1cc(C(F)(F)F)c(C(=O)N(C)Cc2ccccc2)cc1C. The number of alkyl halides is 3. The lowest BCUT2D eigenvalue weighted by Crippen LogP contribution is -2.28. The van der Waals surface area contributed by atoms with E-state index in [0.29, 0.717) is 12.1 Å². The molecule has 0 atom stereocenters. The van der Waals surface area contributed by atoms with Gasteiger partial charge in [0.1, 0.15) is 0 Å². The molecule has 0 aliphatic carbocycles. The van der Waals surface area contributed by atoms with Gasteiger partial charge in [0.05, 0.1) is 23.2 Å². The van der Waals surface area contributed by atoms with E-state index >= 15 is 0 Å². The van der Waals surface area contributed by atoms with Crippen molar-refractivity contribution in [3.63, 3.8) is 0 Å². The van der Waals surface area contributed by atoms with E-state index in [4.69, 9.17) is 0 Å². The van der Waals surface area contributed by atoms with Gasteiger partial charge < -0.3 is 9.80 Å². The van der Waals surface area contributed by atoms with E-state index in [1.165, 1.54) is 24.4 Å². The van der Waals surface area contributed by atoms with Crippen LogP contribution in [-0.4, -0.2) is 42.7 Å². The summed E-state index contributed by atoms with van der Waals surface area (Å²) in [4.78, 5) is 19.9. The number of halogens is 3. The van der Waals surface area contributed by atoms with Crippen LogP contribution in [0.3, 0.4) is 0 Å². The number of carbonyl (C=O) groups is 1. The predicted molar refractivity (Wildman–Crippen MR) is 105 cm³/mol. The Kier molecular flexibility index (Phi) is 6.83. The summed E-state index contributed by atoms with van der Waals surface area (Å²) in [5.41, 5.74) is 0.188. The summed E-state index contributed by atoms with van der Waals surface area (Å²) in [7, 11) is 3.27. The van der Waals surface area contributed by atoms with Crippen molar-refractivity contribution in [3.05, 3.63) is 64.7 Å². The molecule has 2 aromatic rings. The largest absolute Gasteiger partial charge is 0.417 e. The summed E-state index contributed by atoms with van der Waals surface area (Å²) in [6.45, 7) is 4.45. The Morgan fingerprint density at radius 3 is 2.36 bits per heavy atom. The normalized spacial score (nSPS) is 11.7. The quantitative estimate of drug-likeness (QED) is 0.519. The van der Waals surface area contributed by atoms with Gasteiger partial charge in [-0.2, -0.15) is 13.2 Å². The molecule has 28 heavy (non-hydrogen) atoms. The van der Waals surface area contributed by atoms with Gasteiger partial charge in [-0.1, -0.05) is 30.3 Å². The maximum Gasteiger partial charge on any atom is 0.417 e. The summed E-state index contributed by atoms with van der Waals surface area (Å²) in [5.74, 6) is -0.680. The van der Waals surface area contributed by atoms with E-state index in [9.17, 15) is 18.0 Å². The lowest BCUT2D eigenvalue weighted by Gasteiger charge is -2.21. The van der Waals surface area contributed by atoms with E-state index in [1.54, 1.807) is 18.9 Å². The molecule has 2 rings (SSSR count). The molecule has 0 N–H and O–H groups in total. The highest BCUT2D eigenvalue weighted by Crippen LogP contribution is 2.36. The standard InChI is InChI=1S/C21H24F3N3O/c1-5-26(3)14-25-19-12-18(21(22,23)24)17(11-15(19)2)20(28)27(4)13-16-9-7-6-8-10-16/h6-12,14H,5,13H2,1-4H3. The van der Waals surface area contributed by atoms with Gasteiger partial charge >= 0.3 is 6.18 Å². The average molecular weight is 391 g/mol. The number of rotatable bonds is 6. The van der Waals surface area contributed by atoms with E-state index < -0.39 is 17.6 Å². The first-order chi connectivity index (χ1) is 13.1. The number of amides is 1. The van der Waals surface area contributed by atoms with Crippen molar-refractivity contribution in [2.75, 3.05) is 20.6 Å². The Labute approximate surface area is 163 Å². The minimum Gasteiger partial charge on any atom is -0.366 e. The Bertz CT molecular complexity index is 848. The Hall–Kier alpha value is -2.83. The molecule has 0 aliphatic rings. The van der Waals surface area contributed by atoms with Crippen molar-refractivity contribution in [2.24, 2.45) is 4.99 Å². The van der Waals surface area contributed by atoms with Gasteiger partial charge in [-0.15, -0.1) is 0 Å². The highest BCUT2D eigenvalue weighted by molar-refractivity contribution is 5.96. The number of hydrogen-bond donors (Lipinski definition) is 0. The molecular formula is C21H24F3N3O. The molecule has 0 aliphatic heterocycles. The molecule has 0 saturated carbocycles. The molecule has 0 spiro atoms. The number of benzene rings is 2. The second kappa shape index (κ2) is 8.91. The van der Waals surface area contributed by atoms with Gasteiger partial charge in [-0.25, -0.2) is 4.99 Å². The second-order valence-corrected chi connectivity index (χ2v) is 6.65. The van der Waals surface area contributed by atoms with Crippen LogP contribution in [0.1, 0.15) is 34.0 Å². The van der Waals surface area contributed by atoms with Gasteiger partial charge in [0, 0.05) is 27.2 Å². The van der Waals surface area contributed by atoms with Crippen molar-refractivity contribution in [1.82, 2.24) is 9.80 Å². The molecule has 0 heterocycles. The first-order valence-corrected chi connectivity index (χ1v) is 8.89. The highest BCUT2D eigenvalue weighted by Gasteiger charge is 2.36. The van der Waals surface area contributed by atoms with Crippen LogP contribution in [0.25, 0.3) is 0 Å². The monoisotopic (exact) mass is 391 g/mol. The molecule has 1 amide bonds. The molecule has 150 valence electrons. The summed E-state index contributed by atoms with van der Waals surface area (Å²) in [5, 5.41) is 0. The lowest BCUT2D eigenvalue weighted by atomic mass is 10.0. The maximum absolute atomic E-state index is 13.6. The fourth-order valence-corrected chi connectivity index (χ4v) is 2.62. The van der Waals surface area contributed by atoms with Crippen molar-refractivity contribution >= 4 is 17.9 Å². The van der Waals surface area contributed by atoms with E-state index in [1.807, 2.05) is 37.3 Å². The number of aryl methyl sites for hydroxylation is 1. The molecule has 2 aromatic carbocycles. The smallest absolute Gasteiger partial charge is 0.366 e. The molecule has 0 aromatic heterocycles. The van der Waals surface area contributed by atoms with E-state index in [0.717, 1.165) is 11.6 Å². The first kappa shape index (κ1) is 21.5. The minimum absolute atomic E-state index is 0.190. The van der Waals surface area contributed by atoms with Crippen molar-refractivity contribution in [1.29, 1.82) is 0 Å². The second-order valence-electron chi connectivity index (χ2n) is 6.65. The lowest BCUT2D eigenvalue weighted by molar-refractivity contribution is -0.138. The van der Waals surface area contributed by atoms with Gasteiger partial charge in [0.2, 0.25) is 0 Å². The van der Waals surface area contributed by atoms with Crippen LogP contribution in [0.15, 0.2) is 47.5 Å². The van der Waals surface area contributed by atoms with Crippen LogP contribution < -0.4 is 0 Å². The third kappa shape index (κ3) is 5.34. The highest BCUT2D eigenvalue weighted by atomic mass is 19.4. The van der Waals surface area contributed by atoms with Crippen molar-refractivity contribution in [2.45, 2.75) is 26.6 Å². The fourth-order valence-electron chi connectivity index (χ4n) is 2.62. The zero-order chi connectivity index (χ0) is 20.9. The zero-order valence-corrected chi connectivity index (χ0v) is 16.4. The van der Waals surface area contributed by atoms with Crippen LogP contribution in [0.2, 0.25) is 0 Å². The van der Waals surface area contributed by atoms with Crippen LogP contribution in [0, 0.1) is 6.92 Å². The predicted octanol–water partition coefficient (Wildman–Crippen LogP) is 4.90. The molecule has 0 fully saturated rings. The Balaban J connectivity index is 2.40. The average Bonchev–Trinajstić information content (AvgIpc) is 2.65. The molecule has 7 heteroatoms. The first-order valence-electron chi connectivity index (χ1n) is 8.89. The van der Waals surface area contributed by atoms with Gasteiger partial charge in [-0.05, 0) is 37.1 Å². The summed E-state index contributed by atoms with van der Waals surface area (Å²) in [6.07, 6.45) is -3.18. The maximum atomic E-state index is 13.6. The summed E-state index contributed by atoms with van der Waals surface area (Å²) >= 11 is 0. The third-order valence-electron chi connectivity index (χ3n) is 4.37. The summed E-state index contributed by atoms with van der Waals surface area (Å²) in [6, 6.07) is 11.3. The fraction of sp³-hybridized carbons (Fsp3) is 0.333. The van der Waals surface area contributed by atoms with Gasteiger partial charge in [0.25, 0.3) is 5.91 Å². The topological polar surface area (TPSA) is 35.9 Å². The van der Waals surface area contributed by atoms with E-state index in [2.05, 4.69) is 4.99 Å².